The SMILES string of the molecule is COc1ccc2oc(C(=O)Nc3nc(-c4ccc(Cl)s4)cs3)c(C)c2c1. The molecule has 3 aromatic heterocycles. The summed E-state index contributed by atoms with van der Waals surface area (Å²) in [7, 11) is 1.60. The summed E-state index contributed by atoms with van der Waals surface area (Å²) in [4.78, 5) is 18.0. The minimum absolute atomic E-state index is 0.268. The summed E-state index contributed by atoms with van der Waals surface area (Å²) >= 11 is 8.76. The quantitative estimate of drug-likeness (QED) is 0.464. The second-order valence-electron chi connectivity index (χ2n) is 5.51. The average molecular weight is 405 g/mol. The summed E-state index contributed by atoms with van der Waals surface area (Å²) in [6.07, 6.45) is 0. The first-order valence-electron chi connectivity index (χ1n) is 7.65. The van der Waals surface area contributed by atoms with Gasteiger partial charge in [0, 0.05) is 16.3 Å². The zero-order chi connectivity index (χ0) is 18.3. The van der Waals surface area contributed by atoms with Gasteiger partial charge in [-0.2, -0.15) is 0 Å². The second kappa shape index (κ2) is 6.75. The molecule has 0 fully saturated rings. The van der Waals surface area contributed by atoms with Crippen LogP contribution in [-0.4, -0.2) is 18.0 Å². The lowest BCUT2D eigenvalue weighted by atomic mass is 10.1. The molecule has 1 N–H and O–H groups in total. The maximum Gasteiger partial charge on any atom is 0.293 e. The van der Waals surface area contributed by atoms with Crippen molar-refractivity contribution in [3.8, 4) is 16.3 Å². The summed E-state index contributed by atoms with van der Waals surface area (Å²) in [5, 5.41) is 6.04. The lowest BCUT2D eigenvalue weighted by molar-refractivity contribution is 0.0998. The molecule has 0 saturated heterocycles. The number of ether oxygens (including phenoxy) is 1. The van der Waals surface area contributed by atoms with E-state index in [2.05, 4.69) is 10.3 Å². The van der Waals surface area contributed by atoms with Crippen LogP contribution < -0.4 is 10.1 Å². The molecule has 0 radical (unpaired) electrons. The molecule has 132 valence electrons. The molecule has 5 nitrogen and oxygen atoms in total. The number of methoxy groups -OCH3 is 1. The monoisotopic (exact) mass is 404 g/mol. The molecule has 1 amide bonds. The third-order valence-electron chi connectivity index (χ3n) is 3.90. The normalized spacial score (nSPS) is 11.0. The molecule has 3 heterocycles. The first-order valence-corrected chi connectivity index (χ1v) is 9.72. The number of nitrogens with zero attached hydrogens (tertiary/aromatic N) is 1. The molecule has 0 atom stereocenters. The van der Waals surface area contributed by atoms with Gasteiger partial charge in [-0.25, -0.2) is 4.98 Å². The Morgan fingerprint density at radius 3 is 2.88 bits per heavy atom. The largest absolute Gasteiger partial charge is 0.497 e. The van der Waals surface area contributed by atoms with Crippen molar-refractivity contribution in [2.45, 2.75) is 6.92 Å². The highest BCUT2D eigenvalue weighted by Crippen LogP contribution is 2.33. The Kier molecular flexibility index (Phi) is 4.44. The Morgan fingerprint density at radius 2 is 2.15 bits per heavy atom. The molecule has 0 aliphatic heterocycles. The number of thiazole rings is 1. The van der Waals surface area contributed by atoms with Crippen LogP contribution in [0.15, 0.2) is 40.1 Å². The number of aryl methyl sites for hydroxylation is 1. The van der Waals surface area contributed by atoms with Crippen LogP contribution >= 0.6 is 34.3 Å². The molecule has 1 aromatic carbocycles. The van der Waals surface area contributed by atoms with Gasteiger partial charge in [-0.15, -0.1) is 22.7 Å². The topological polar surface area (TPSA) is 64.4 Å². The fraction of sp³-hybridized carbons (Fsp3) is 0.111. The predicted molar refractivity (Wildman–Crippen MR) is 106 cm³/mol. The van der Waals surface area contributed by atoms with Crippen LogP contribution in [0.25, 0.3) is 21.5 Å². The number of halogens is 1. The first-order chi connectivity index (χ1) is 12.5. The highest BCUT2D eigenvalue weighted by Gasteiger charge is 2.19. The van der Waals surface area contributed by atoms with Crippen LogP contribution in [-0.2, 0) is 0 Å². The predicted octanol–water partition coefficient (Wildman–Crippen LogP) is 5.84. The molecule has 4 rings (SSSR count). The van der Waals surface area contributed by atoms with Crippen molar-refractivity contribution >= 4 is 56.3 Å². The van der Waals surface area contributed by atoms with Gasteiger partial charge in [-0.3, -0.25) is 10.1 Å². The van der Waals surface area contributed by atoms with Crippen molar-refractivity contribution in [3.05, 3.63) is 51.4 Å². The molecule has 0 saturated carbocycles. The summed E-state index contributed by atoms with van der Waals surface area (Å²) in [5.74, 6) is 0.652. The van der Waals surface area contributed by atoms with E-state index < -0.39 is 0 Å². The van der Waals surface area contributed by atoms with E-state index in [1.54, 1.807) is 19.2 Å². The molecule has 0 spiro atoms. The summed E-state index contributed by atoms with van der Waals surface area (Å²) in [6.45, 7) is 1.85. The van der Waals surface area contributed by atoms with Gasteiger partial charge in [0.2, 0.25) is 0 Å². The number of rotatable bonds is 4. The summed E-state index contributed by atoms with van der Waals surface area (Å²) in [5.41, 5.74) is 2.19. The number of nitrogens with one attached hydrogen (secondary N) is 1. The Morgan fingerprint density at radius 1 is 1.31 bits per heavy atom. The van der Waals surface area contributed by atoms with Gasteiger partial charge >= 0.3 is 0 Å². The molecule has 4 aromatic rings. The molecule has 0 aliphatic carbocycles. The maximum atomic E-state index is 12.6. The van der Waals surface area contributed by atoms with Crippen LogP contribution in [0, 0.1) is 6.92 Å². The minimum Gasteiger partial charge on any atom is -0.497 e. The number of thiophene rings is 1. The zero-order valence-electron chi connectivity index (χ0n) is 13.8. The van der Waals surface area contributed by atoms with Gasteiger partial charge in [0.25, 0.3) is 5.91 Å². The fourth-order valence-corrected chi connectivity index (χ4v) is 4.38. The minimum atomic E-state index is -0.331. The second-order valence-corrected chi connectivity index (χ2v) is 8.09. The van der Waals surface area contributed by atoms with Crippen molar-refractivity contribution in [2.75, 3.05) is 12.4 Å². The van der Waals surface area contributed by atoms with Gasteiger partial charge in [0.1, 0.15) is 11.3 Å². The number of carbonyl (C=O) groups is 1. The van der Waals surface area contributed by atoms with Crippen LogP contribution in [0.2, 0.25) is 4.34 Å². The molecule has 0 aliphatic rings. The lowest BCUT2D eigenvalue weighted by Crippen LogP contribution is -2.11. The Balaban J connectivity index is 1.59. The average Bonchev–Trinajstić information content (AvgIpc) is 3.34. The van der Waals surface area contributed by atoms with Crippen molar-refractivity contribution in [1.29, 1.82) is 0 Å². The van der Waals surface area contributed by atoms with E-state index in [0.29, 0.717) is 20.8 Å². The number of amides is 1. The van der Waals surface area contributed by atoms with Crippen LogP contribution in [0.1, 0.15) is 16.1 Å². The standard InChI is InChI=1S/C18H13ClN2O3S2/c1-9-11-7-10(23-2)3-4-13(11)24-16(9)17(22)21-18-20-12(8-25-18)14-5-6-15(19)26-14/h3-8H,1-2H3,(H,20,21,22). The summed E-state index contributed by atoms with van der Waals surface area (Å²) < 4.78 is 11.7. The van der Waals surface area contributed by atoms with Gasteiger partial charge < -0.3 is 9.15 Å². The van der Waals surface area contributed by atoms with Crippen LogP contribution in [0.5, 0.6) is 5.75 Å². The van der Waals surface area contributed by atoms with Gasteiger partial charge in [-0.1, -0.05) is 11.6 Å². The molecular formula is C18H13ClN2O3S2. The molecule has 0 unspecified atom stereocenters. The van der Waals surface area contributed by atoms with Crippen molar-refractivity contribution in [3.63, 3.8) is 0 Å². The van der Waals surface area contributed by atoms with E-state index in [9.17, 15) is 4.79 Å². The Bertz CT molecular complexity index is 1110. The Hall–Kier alpha value is -2.35. The number of carbonyl (C=O) groups excluding carboxylic acids is 1. The lowest BCUT2D eigenvalue weighted by Gasteiger charge is -1.99. The fourth-order valence-electron chi connectivity index (χ4n) is 2.59. The van der Waals surface area contributed by atoms with E-state index in [0.717, 1.165) is 21.5 Å². The smallest absolute Gasteiger partial charge is 0.293 e. The number of fused-ring (bicyclic) bond motifs is 1. The van der Waals surface area contributed by atoms with E-state index in [-0.39, 0.29) is 11.7 Å². The van der Waals surface area contributed by atoms with E-state index in [4.69, 9.17) is 20.8 Å². The van der Waals surface area contributed by atoms with Gasteiger partial charge in [-0.05, 0) is 37.3 Å². The van der Waals surface area contributed by atoms with Gasteiger partial charge in [0.15, 0.2) is 10.9 Å². The third kappa shape index (κ3) is 3.09. The van der Waals surface area contributed by atoms with E-state index in [1.165, 1.54) is 22.7 Å². The van der Waals surface area contributed by atoms with Crippen molar-refractivity contribution < 1.29 is 13.9 Å². The molecule has 8 heteroatoms. The number of furan rings is 1. The summed E-state index contributed by atoms with van der Waals surface area (Å²) in [6, 6.07) is 9.18. The van der Waals surface area contributed by atoms with Crippen LogP contribution in [0.4, 0.5) is 5.13 Å². The number of aromatic nitrogens is 1. The highest BCUT2D eigenvalue weighted by molar-refractivity contribution is 7.20. The van der Waals surface area contributed by atoms with Gasteiger partial charge in [0.05, 0.1) is 22.0 Å². The zero-order valence-corrected chi connectivity index (χ0v) is 16.2. The third-order valence-corrected chi connectivity index (χ3v) is 5.91. The molecular weight excluding hydrogens is 392 g/mol. The van der Waals surface area contributed by atoms with Crippen molar-refractivity contribution in [1.82, 2.24) is 4.98 Å². The van der Waals surface area contributed by atoms with Crippen LogP contribution in [0.3, 0.4) is 0 Å². The molecule has 26 heavy (non-hydrogen) atoms. The van der Waals surface area contributed by atoms with E-state index in [1.807, 2.05) is 30.5 Å². The first kappa shape index (κ1) is 17.1. The van der Waals surface area contributed by atoms with Crippen molar-refractivity contribution in [2.24, 2.45) is 0 Å². The van der Waals surface area contributed by atoms with E-state index >= 15 is 0 Å². The Labute approximate surface area is 162 Å². The number of hydrogen-bond donors (Lipinski definition) is 1. The highest BCUT2D eigenvalue weighted by atomic mass is 35.5. The number of anilines is 1. The number of hydrogen-bond acceptors (Lipinski definition) is 6. The number of benzene rings is 1. The molecule has 0 bridgehead atoms. The maximum absolute atomic E-state index is 12.6.